The number of nitrogens with one attached hydrogen (secondary N) is 1. The SMILES string of the molecule is Cc1c(/C=N\NC(=O)c2nnn(-c3nonc3N)c2-c2ccc([N+](=O)[O-])cc2)cnn1C. The Morgan fingerprint density at radius 1 is 1.31 bits per heavy atom. The zero-order valence-electron chi connectivity index (χ0n) is 16.7. The summed E-state index contributed by atoms with van der Waals surface area (Å²) in [7, 11) is 1.78. The Bertz CT molecular complexity index is 1330. The van der Waals surface area contributed by atoms with E-state index in [2.05, 4.69) is 40.9 Å². The van der Waals surface area contributed by atoms with Crippen LogP contribution in [0.15, 0.2) is 40.2 Å². The molecule has 0 radical (unpaired) electrons. The van der Waals surface area contributed by atoms with Gasteiger partial charge < -0.3 is 5.73 Å². The molecule has 0 atom stereocenters. The molecule has 0 saturated heterocycles. The highest BCUT2D eigenvalue weighted by Gasteiger charge is 2.25. The molecule has 4 aromatic rings. The van der Waals surface area contributed by atoms with E-state index >= 15 is 0 Å². The number of nitrogen functional groups attached to an aromatic ring is 1. The molecule has 3 N–H and O–H groups in total. The molecule has 0 spiro atoms. The van der Waals surface area contributed by atoms with Crippen molar-refractivity contribution in [1.82, 2.24) is 40.5 Å². The first-order valence-electron chi connectivity index (χ1n) is 8.97. The second-order valence-corrected chi connectivity index (χ2v) is 6.48. The summed E-state index contributed by atoms with van der Waals surface area (Å²) in [6.45, 7) is 1.85. The fourth-order valence-corrected chi connectivity index (χ4v) is 2.78. The number of benzene rings is 1. The number of carbonyl (C=O) groups excluding carboxylic acids is 1. The maximum atomic E-state index is 12.8. The van der Waals surface area contributed by atoms with Gasteiger partial charge >= 0.3 is 0 Å². The summed E-state index contributed by atoms with van der Waals surface area (Å²) < 4.78 is 7.42. The highest BCUT2D eigenvalue weighted by Crippen LogP contribution is 2.28. The predicted molar refractivity (Wildman–Crippen MR) is 109 cm³/mol. The van der Waals surface area contributed by atoms with Gasteiger partial charge in [0.05, 0.1) is 17.3 Å². The number of hydrogen-bond donors (Lipinski definition) is 2. The maximum absolute atomic E-state index is 12.8. The van der Waals surface area contributed by atoms with Gasteiger partial charge in [-0.2, -0.15) is 14.9 Å². The largest absolute Gasteiger partial charge is 0.378 e. The second-order valence-electron chi connectivity index (χ2n) is 6.48. The third-order valence-corrected chi connectivity index (χ3v) is 4.58. The number of aromatic nitrogens is 7. The molecule has 0 bridgehead atoms. The van der Waals surface area contributed by atoms with Crippen molar-refractivity contribution in [1.29, 1.82) is 0 Å². The molecule has 0 fully saturated rings. The van der Waals surface area contributed by atoms with E-state index in [0.29, 0.717) is 11.1 Å². The Labute approximate surface area is 178 Å². The van der Waals surface area contributed by atoms with Crippen molar-refractivity contribution in [2.75, 3.05) is 5.73 Å². The number of amides is 1. The smallest absolute Gasteiger partial charge is 0.294 e. The minimum Gasteiger partial charge on any atom is -0.378 e. The van der Waals surface area contributed by atoms with Crippen molar-refractivity contribution < 1.29 is 14.3 Å². The molecular weight excluding hydrogens is 422 g/mol. The molecule has 15 heteroatoms. The average molecular weight is 437 g/mol. The molecule has 1 amide bonds. The summed E-state index contributed by atoms with van der Waals surface area (Å²) in [6, 6.07) is 5.44. The standard InChI is InChI=1S/C17H15N11O4/c1-9-11(8-20-26(9)2)7-19-22-17(29)13-14(10-3-5-12(6-4-10)28(30)31)27(25-21-13)16-15(18)23-32-24-16/h3-8H,1-2H3,(H2,18,23)(H,22,29)/b19-7-. The first kappa shape index (κ1) is 20.3. The maximum Gasteiger partial charge on any atom is 0.294 e. The molecule has 0 unspecified atom stereocenters. The predicted octanol–water partition coefficient (Wildman–Crippen LogP) is 0.614. The molecule has 0 aliphatic rings. The minimum absolute atomic E-state index is 0.000566. The van der Waals surface area contributed by atoms with Crippen LogP contribution in [-0.2, 0) is 7.05 Å². The number of non-ortho nitro benzene ring substituents is 1. The number of anilines is 1. The van der Waals surface area contributed by atoms with Crippen molar-refractivity contribution in [2.45, 2.75) is 6.92 Å². The molecular formula is C17H15N11O4. The van der Waals surface area contributed by atoms with Crippen molar-refractivity contribution in [3.63, 3.8) is 0 Å². The van der Waals surface area contributed by atoms with Crippen molar-refractivity contribution in [3.8, 4) is 17.1 Å². The Kier molecular flexibility index (Phi) is 5.12. The number of rotatable bonds is 6. The molecule has 162 valence electrons. The second kappa shape index (κ2) is 8.05. The molecule has 1 aromatic carbocycles. The molecule has 3 heterocycles. The van der Waals surface area contributed by atoms with Gasteiger partial charge in [0.1, 0.15) is 5.69 Å². The van der Waals surface area contributed by atoms with Crippen molar-refractivity contribution in [3.05, 3.63) is 57.5 Å². The number of nitrogens with two attached hydrogens (primary N) is 1. The van der Waals surface area contributed by atoms with Gasteiger partial charge in [-0.1, -0.05) is 5.21 Å². The van der Waals surface area contributed by atoms with E-state index in [-0.39, 0.29) is 28.7 Å². The van der Waals surface area contributed by atoms with Crippen LogP contribution in [0, 0.1) is 17.0 Å². The van der Waals surface area contributed by atoms with E-state index in [4.69, 9.17) is 5.73 Å². The summed E-state index contributed by atoms with van der Waals surface area (Å²) >= 11 is 0. The van der Waals surface area contributed by atoms with Gasteiger partial charge in [-0.15, -0.1) is 5.10 Å². The van der Waals surface area contributed by atoms with Crippen LogP contribution in [0.4, 0.5) is 11.5 Å². The lowest BCUT2D eigenvalue weighted by atomic mass is 10.1. The van der Waals surface area contributed by atoms with Crippen LogP contribution in [-0.4, -0.2) is 52.1 Å². The summed E-state index contributed by atoms with van der Waals surface area (Å²) in [5, 5.41) is 34.0. The average Bonchev–Trinajstić information content (AvgIpc) is 3.48. The molecule has 4 rings (SSSR count). The molecule has 3 aromatic heterocycles. The zero-order valence-corrected chi connectivity index (χ0v) is 16.7. The lowest BCUT2D eigenvalue weighted by molar-refractivity contribution is -0.384. The van der Waals surface area contributed by atoms with Crippen LogP contribution >= 0.6 is 0 Å². The fourth-order valence-electron chi connectivity index (χ4n) is 2.78. The van der Waals surface area contributed by atoms with Gasteiger partial charge in [-0.05, 0) is 29.4 Å². The summed E-state index contributed by atoms with van der Waals surface area (Å²) in [6.07, 6.45) is 3.04. The van der Waals surface area contributed by atoms with E-state index < -0.39 is 10.8 Å². The monoisotopic (exact) mass is 437 g/mol. The Morgan fingerprint density at radius 3 is 2.66 bits per heavy atom. The number of nitro groups is 1. The zero-order chi connectivity index (χ0) is 22.8. The Morgan fingerprint density at radius 2 is 2.06 bits per heavy atom. The van der Waals surface area contributed by atoms with Crippen molar-refractivity contribution >= 4 is 23.6 Å². The summed E-state index contributed by atoms with van der Waals surface area (Å²) in [5.74, 6) is -0.771. The summed E-state index contributed by atoms with van der Waals surface area (Å²) in [4.78, 5) is 23.2. The van der Waals surface area contributed by atoms with Crippen LogP contribution in [0.25, 0.3) is 17.1 Å². The topological polar surface area (TPSA) is 198 Å². The van der Waals surface area contributed by atoms with Crippen molar-refractivity contribution in [2.24, 2.45) is 12.1 Å². The Hall–Kier alpha value is -4.95. The fraction of sp³-hybridized carbons (Fsp3) is 0.118. The number of hydrogen-bond acceptors (Lipinski definition) is 11. The normalized spacial score (nSPS) is 11.2. The van der Waals surface area contributed by atoms with Gasteiger partial charge in [-0.3, -0.25) is 19.6 Å². The third kappa shape index (κ3) is 3.64. The van der Waals surface area contributed by atoms with Gasteiger partial charge in [0.25, 0.3) is 11.6 Å². The number of aryl methyl sites for hydroxylation is 1. The lowest BCUT2D eigenvalue weighted by Crippen LogP contribution is -2.19. The highest BCUT2D eigenvalue weighted by atomic mass is 16.6. The Balaban J connectivity index is 1.71. The van der Waals surface area contributed by atoms with Gasteiger partial charge in [-0.25, -0.2) is 10.1 Å². The first-order chi connectivity index (χ1) is 15.4. The van der Waals surface area contributed by atoms with Gasteiger partial charge in [0.2, 0.25) is 11.6 Å². The molecule has 15 nitrogen and oxygen atoms in total. The quantitative estimate of drug-likeness (QED) is 0.245. The van der Waals surface area contributed by atoms with E-state index in [1.54, 1.807) is 17.9 Å². The number of nitro benzene ring substituents is 1. The number of carbonyl (C=O) groups is 1. The van der Waals surface area contributed by atoms with E-state index in [1.165, 1.54) is 30.5 Å². The molecule has 32 heavy (non-hydrogen) atoms. The van der Waals surface area contributed by atoms with Crippen LogP contribution in [0.1, 0.15) is 21.7 Å². The number of hydrazone groups is 1. The van der Waals surface area contributed by atoms with E-state index in [9.17, 15) is 14.9 Å². The third-order valence-electron chi connectivity index (χ3n) is 4.58. The molecule has 0 aliphatic carbocycles. The highest BCUT2D eigenvalue weighted by molar-refractivity contribution is 5.98. The van der Waals surface area contributed by atoms with E-state index in [1.807, 2.05) is 6.92 Å². The lowest BCUT2D eigenvalue weighted by Gasteiger charge is -2.05. The van der Waals surface area contributed by atoms with Crippen LogP contribution in [0.2, 0.25) is 0 Å². The minimum atomic E-state index is -0.683. The molecule has 0 saturated carbocycles. The van der Waals surface area contributed by atoms with Gasteiger partial charge in [0, 0.05) is 36.0 Å². The van der Waals surface area contributed by atoms with Crippen LogP contribution < -0.4 is 11.2 Å². The van der Waals surface area contributed by atoms with E-state index in [0.717, 1.165) is 10.4 Å². The summed E-state index contributed by atoms with van der Waals surface area (Å²) in [5.41, 5.74) is 10.00. The van der Waals surface area contributed by atoms with Crippen LogP contribution in [0.3, 0.4) is 0 Å². The van der Waals surface area contributed by atoms with Crippen LogP contribution in [0.5, 0.6) is 0 Å². The van der Waals surface area contributed by atoms with Gasteiger partial charge in [0.15, 0.2) is 5.69 Å². The molecule has 0 aliphatic heterocycles. The number of nitrogens with zero attached hydrogens (tertiary/aromatic N) is 9. The first-order valence-corrected chi connectivity index (χ1v) is 8.97.